The summed E-state index contributed by atoms with van der Waals surface area (Å²) in [5, 5.41) is 3.93. The van der Waals surface area contributed by atoms with Gasteiger partial charge in [0.2, 0.25) is 6.79 Å². The molecule has 0 saturated carbocycles. The molecular weight excluding hydrogens is 374 g/mol. The van der Waals surface area contributed by atoms with Gasteiger partial charge in [-0.3, -0.25) is 14.5 Å². The van der Waals surface area contributed by atoms with Crippen molar-refractivity contribution in [2.75, 3.05) is 6.79 Å². The van der Waals surface area contributed by atoms with Gasteiger partial charge < -0.3 is 9.47 Å². The molecule has 0 N–H and O–H groups in total. The van der Waals surface area contributed by atoms with Crippen LogP contribution in [0.15, 0.2) is 59.3 Å². The van der Waals surface area contributed by atoms with Gasteiger partial charge in [0, 0.05) is 11.1 Å². The van der Waals surface area contributed by atoms with Crippen molar-refractivity contribution in [2.45, 2.75) is 6.54 Å². The van der Waals surface area contributed by atoms with E-state index in [0.717, 1.165) is 11.1 Å². The highest BCUT2D eigenvalue weighted by Crippen LogP contribution is 2.35. The van der Waals surface area contributed by atoms with Crippen molar-refractivity contribution < 1.29 is 19.1 Å². The minimum Gasteiger partial charge on any atom is -0.454 e. The molecule has 5 rings (SSSR count). The molecule has 2 aromatic carbocycles. The average Bonchev–Trinajstić information content (AvgIpc) is 3.40. The van der Waals surface area contributed by atoms with Crippen molar-refractivity contribution in [2.24, 2.45) is 0 Å². The van der Waals surface area contributed by atoms with Crippen LogP contribution in [0.3, 0.4) is 0 Å². The normalized spacial score (nSPS) is 16.6. The number of benzene rings is 2. The molecule has 1 aromatic heterocycles. The van der Waals surface area contributed by atoms with Crippen LogP contribution in [0.4, 0.5) is 0 Å². The maximum Gasteiger partial charge on any atom is 0.261 e. The number of imide groups is 1. The van der Waals surface area contributed by atoms with Gasteiger partial charge >= 0.3 is 0 Å². The van der Waals surface area contributed by atoms with Crippen molar-refractivity contribution in [1.29, 1.82) is 0 Å². The molecule has 3 aromatic rings. The quantitative estimate of drug-likeness (QED) is 0.498. The van der Waals surface area contributed by atoms with Crippen molar-refractivity contribution in [3.63, 3.8) is 0 Å². The molecule has 138 valence electrons. The smallest absolute Gasteiger partial charge is 0.261 e. The molecule has 0 aliphatic carbocycles. The molecule has 6 heteroatoms. The fourth-order valence-corrected chi connectivity index (χ4v) is 4.05. The monoisotopic (exact) mass is 389 g/mol. The molecule has 2 aliphatic heterocycles. The third kappa shape index (κ3) is 2.78. The lowest BCUT2D eigenvalue weighted by Gasteiger charge is -2.28. The molecule has 3 heterocycles. The molecule has 0 saturated heterocycles. The fraction of sp³-hybridized carbons (Fsp3) is 0.0909. The molecule has 2 amide bonds. The van der Waals surface area contributed by atoms with Crippen molar-refractivity contribution in [3.8, 4) is 11.5 Å². The zero-order chi connectivity index (χ0) is 19.1. The predicted octanol–water partition coefficient (Wildman–Crippen LogP) is 4.20. The van der Waals surface area contributed by atoms with E-state index < -0.39 is 0 Å². The number of rotatable bonds is 3. The second-order valence-corrected chi connectivity index (χ2v) is 7.32. The number of carbonyl (C=O) groups excluding carboxylic acids is 2. The SMILES string of the molecule is O=C1/C(=C\c2ccsc2)c2ccccc2C(=O)N1Cc1ccc2c(c1)OCO2. The number of hydrogen-bond acceptors (Lipinski definition) is 5. The summed E-state index contributed by atoms with van der Waals surface area (Å²) in [5.41, 5.74) is 3.48. The van der Waals surface area contributed by atoms with Gasteiger partial charge in [0.1, 0.15) is 0 Å². The Balaban J connectivity index is 1.55. The fourth-order valence-electron chi connectivity index (χ4n) is 3.43. The highest BCUT2D eigenvalue weighted by atomic mass is 32.1. The Bertz CT molecular complexity index is 1120. The first-order valence-electron chi connectivity index (χ1n) is 8.79. The number of nitrogens with zero attached hydrogens (tertiary/aromatic N) is 1. The third-order valence-electron chi connectivity index (χ3n) is 4.80. The zero-order valence-electron chi connectivity index (χ0n) is 14.8. The summed E-state index contributed by atoms with van der Waals surface area (Å²) in [6.45, 7) is 0.352. The van der Waals surface area contributed by atoms with Crippen LogP contribution in [0.2, 0.25) is 0 Å². The van der Waals surface area contributed by atoms with Crippen molar-refractivity contribution in [3.05, 3.63) is 81.5 Å². The summed E-state index contributed by atoms with van der Waals surface area (Å²) in [6.07, 6.45) is 1.84. The summed E-state index contributed by atoms with van der Waals surface area (Å²) < 4.78 is 10.7. The van der Waals surface area contributed by atoms with Crippen LogP contribution in [0.5, 0.6) is 11.5 Å². The van der Waals surface area contributed by atoms with E-state index in [1.807, 2.05) is 53.2 Å². The largest absolute Gasteiger partial charge is 0.454 e. The van der Waals surface area contributed by atoms with Gasteiger partial charge in [0.25, 0.3) is 11.8 Å². The van der Waals surface area contributed by atoms with Crippen LogP contribution in [0, 0.1) is 0 Å². The Morgan fingerprint density at radius 2 is 1.79 bits per heavy atom. The first kappa shape index (κ1) is 16.8. The van der Waals surface area contributed by atoms with E-state index in [2.05, 4.69) is 0 Å². The van der Waals surface area contributed by atoms with E-state index in [1.54, 1.807) is 23.5 Å². The lowest BCUT2D eigenvalue weighted by Crippen LogP contribution is -2.41. The van der Waals surface area contributed by atoms with E-state index in [9.17, 15) is 9.59 Å². The Labute approximate surface area is 165 Å². The average molecular weight is 389 g/mol. The van der Waals surface area contributed by atoms with Crippen LogP contribution < -0.4 is 9.47 Å². The Hall–Kier alpha value is -3.38. The Morgan fingerprint density at radius 1 is 0.964 bits per heavy atom. The number of amides is 2. The molecule has 0 unspecified atom stereocenters. The summed E-state index contributed by atoms with van der Waals surface area (Å²) >= 11 is 1.56. The lowest BCUT2D eigenvalue weighted by molar-refractivity contribution is -0.123. The van der Waals surface area contributed by atoms with Gasteiger partial charge in [0.05, 0.1) is 6.54 Å². The molecule has 0 fully saturated rings. The first-order valence-corrected chi connectivity index (χ1v) is 9.73. The highest BCUT2D eigenvalue weighted by Gasteiger charge is 2.34. The summed E-state index contributed by atoms with van der Waals surface area (Å²) in [6, 6.07) is 14.6. The van der Waals surface area contributed by atoms with Gasteiger partial charge in [-0.25, -0.2) is 0 Å². The molecule has 0 radical (unpaired) electrons. The van der Waals surface area contributed by atoms with Crippen molar-refractivity contribution in [1.82, 2.24) is 4.90 Å². The molecular formula is C22H15NO4S. The van der Waals surface area contributed by atoms with Crippen LogP contribution in [-0.2, 0) is 11.3 Å². The van der Waals surface area contributed by atoms with Gasteiger partial charge in [-0.15, -0.1) is 0 Å². The summed E-state index contributed by atoms with van der Waals surface area (Å²) in [5.74, 6) is 0.709. The van der Waals surface area contributed by atoms with Crippen LogP contribution in [0.1, 0.15) is 27.0 Å². The van der Waals surface area contributed by atoms with Gasteiger partial charge in [-0.1, -0.05) is 24.3 Å². The molecule has 28 heavy (non-hydrogen) atoms. The van der Waals surface area contributed by atoms with Crippen LogP contribution >= 0.6 is 11.3 Å². The summed E-state index contributed by atoms with van der Waals surface area (Å²) in [4.78, 5) is 27.6. The van der Waals surface area contributed by atoms with Gasteiger partial charge in [-0.05, 0) is 57.8 Å². The van der Waals surface area contributed by atoms with Crippen LogP contribution in [0.25, 0.3) is 11.6 Å². The van der Waals surface area contributed by atoms with E-state index in [1.165, 1.54) is 4.90 Å². The molecule has 0 bridgehead atoms. The number of thiophene rings is 1. The second-order valence-electron chi connectivity index (χ2n) is 6.54. The number of ether oxygens (including phenoxy) is 2. The van der Waals surface area contributed by atoms with E-state index in [4.69, 9.17) is 9.47 Å². The topological polar surface area (TPSA) is 55.8 Å². The van der Waals surface area contributed by atoms with E-state index in [0.29, 0.717) is 28.2 Å². The molecule has 0 atom stereocenters. The second kappa shape index (κ2) is 6.65. The van der Waals surface area contributed by atoms with E-state index >= 15 is 0 Å². The maximum absolute atomic E-state index is 13.2. The zero-order valence-corrected chi connectivity index (χ0v) is 15.6. The minimum absolute atomic E-state index is 0.170. The number of hydrogen-bond donors (Lipinski definition) is 0. The highest BCUT2D eigenvalue weighted by molar-refractivity contribution is 7.08. The minimum atomic E-state index is -0.299. The Kier molecular flexibility index (Phi) is 3.98. The Morgan fingerprint density at radius 3 is 2.61 bits per heavy atom. The predicted molar refractivity (Wildman–Crippen MR) is 106 cm³/mol. The molecule has 2 aliphatic rings. The van der Waals surface area contributed by atoms with E-state index in [-0.39, 0.29) is 25.2 Å². The van der Waals surface area contributed by atoms with Crippen molar-refractivity contribution >= 4 is 34.8 Å². The van der Waals surface area contributed by atoms with Gasteiger partial charge in [0.15, 0.2) is 11.5 Å². The number of carbonyl (C=O) groups is 2. The van der Waals surface area contributed by atoms with Gasteiger partial charge in [-0.2, -0.15) is 11.3 Å². The third-order valence-corrected chi connectivity index (χ3v) is 5.50. The van der Waals surface area contributed by atoms with Crippen LogP contribution in [-0.4, -0.2) is 23.5 Å². The molecule has 5 nitrogen and oxygen atoms in total. The first-order chi connectivity index (χ1) is 13.7. The summed E-state index contributed by atoms with van der Waals surface area (Å²) in [7, 11) is 0. The maximum atomic E-state index is 13.2. The standard InChI is InChI=1S/C22H15NO4S/c24-21-17-4-2-1-3-16(17)18(9-15-7-8-28-12-15)22(25)23(21)11-14-5-6-19-20(10-14)27-13-26-19/h1-10,12H,11,13H2/b18-9-. The number of fused-ring (bicyclic) bond motifs is 2. The lowest BCUT2D eigenvalue weighted by atomic mass is 9.92. The molecule has 0 spiro atoms.